The van der Waals surface area contributed by atoms with Crippen LogP contribution in [0.15, 0.2) is 24.3 Å². The summed E-state index contributed by atoms with van der Waals surface area (Å²) in [6.07, 6.45) is 0.882. The summed E-state index contributed by atoms with van der Waals surface area (Å²) < 4.78 is 0.738. The van der Waals surface area contributed by atoms with E-state index in [1.807, 2.05) is 0 Å². The molecule has 3 nitrogen and oxygen atoms in total. The Morgan fingerprint density at radius 3 is 2.85 bits per heavy atom. The topological polar surface area (TPSA) is 31.1 Å². The average molecular weight is 305 g/mol. The molecular formula is C15H19N3S2. The van der Waals surface area contributed by atoms with Crippen LogP contribution < -0.4 is 5.32 Å². The van der Waals surface area contributed by atoms with Crippen LogP contribution in [0.3, 0.4) is 0 Å². The Morgan fingerprint density at radius 2 is 2.15 bits per heavy atom. The maximum atomic E-state index is 5.44. The number of hydrogen-bond donors (Lipinski definition) is 3. The summed E-state index contributed by atoms with van der Waals surface area (Å²) in [4.78, 5) is 5.66. The van der Waals surface area contributed by atoms with Crippen LogP contribution in [0.1, 0.15) is 11.3 Å². The van der Waals surface area contributed by atoms with Gasteiger partial charge in [0.15, 0.2) is 0 Å². The Kier molecular flexibility index (Phi) is 3.62. The van der Waals surface area contributed by atoms with Gasteiger partial charge in [-0.2, -0.15) is 0 Å². The molecule has 1 aromatic carbocycles. The largest absolute Gasteiger partial charge is 0.357 e. The van der Waals surface area contributed by atoms with Crippen molar-refractivity contribution in [2.24, 2.45) is 0 Å². The Bertz CT molecular complexity index is 662. The summed E-state index contributed by atoms with van der Waals surface area (Å²) in [5.41, 5.74) is 3.60. The average Bonchev–Trinajstić information content (AvgIpc) is 2.76. The smallest absolute Gasteiger partial charge is 0.0768 e. The molecule has 3 rings (SSSR count). The summed E-state index contributed by atoms with van der Waals surface area (Å²) in [5.74, 6) is 0. The third-order valence-electron chi connectivity index (χ3n) is 3.98. The zero-order valence-corrected chi connectivity index (χ0v) is 13.4. The first-order valence-corrected chi connectivity index (χ1v) is 7.59. The second kappa shape index (κ2) is 5.15. The lowest BCUT2D eigenvalue weighted by molar-refractivity contribution is 0.286. The van der Waals surface area contributed by atoms with Crippen LogP contribution in [0.4, 0.5) is 0 Å². The number of rotatable bonds is 3. The van der Waals surface area contributed by atoms with Crippen molar-refractivity contribution in [2.75, 3.05) is 20.6 Å². The molecule has 0 bridgehead atoms. The molecule has 106 valence electrons. The highest BCUT2D eigenvalue weighted by molar-refractivity contribution is 8.11. The lowest BCUT2D eigenvalue weighted by Gasteiger charge is -2.39. The first kappa shape index (κ1) is 14.1. The van der Waals surface area contributed by atoms with Crippen LogP contribution in [-0.4, -0.2) is 40.3 Å². The second-order valence-electron chi connectivity index (χ2n) is 5.78. The second-order valence-corrected chi connectivity index (χ2v) is 6.94. The van der Waals surface area contributed by atoms with E-state index in [-0.39, 0.29) is 5.54 Å². The number of fused-ring (bicyclic) bond motifs is 3. The number of aromatic amines is 1. The van der Waals surface area contributed by atoms with Crippen LogP contribution in [-0.2, 0) is 13.0 Å². The summed E-state index contributed by atoms with van der Waals surface area (Å²) >= 11 is 9.94. The first-order chi connectivity index (χ1) is 9.52. The maximum absolute atomic E-state index is 5.44. The van der Waals surface area contributed by atoms with E-state index in [0.29, 0.717) is 0 Å². The van der Waals surface area contributed by atoms with Gasteiger partial charge < -0.3 is 9.88 Å². The molecule has 1 unspecified atom stereocenters. The predicted octanol–water partition coefficient (Wildman–Crippen LogP) is 2.37. The minimum absolute atomic E-state index is 0.236. The highest BCUT2D eigenvalue weighted by Gasteiger charge is 2.38. The van der Waals surface area contributed by atoms with Gasteiger partial charge in [-0.25, -0.2) is 0 Å². The van der Waals surface area contributed by atoms with Gasteiger partial charge in [0.1, 0.15) is 0 Å². The first-order valence-electron chi connectivity index (χ1n) is 6.73. The quantitative estimate of drug-likeness (QED) is 0.601. The van der Waals surface area contributed by atoms with Crippen molar-refractivity contribution in [3.8, 4) is 0 Å². The van der Waals surface area contributed by atoms with E-state index >= 15 is 0 Å². The number of thiol groups is 1. The number of likely N-dealkylation sites (N-methyl/N-ethyl adjacent to an activating group) is 1. The van der Waals surface area contributed by atoms with Crippen molar-refractivity contribution in [1.29, 1.82) is 0 Å². The molecule has 2 aromatic rings. The lowest BCUT2D eigenvalue weighted by atomic mass is 9.87. The van der Waals surface area contributed by atoms with E-state index in [0.717, 1.165) is 23.7 Å². The van der Waals surface area contributed by atoms with Gasteiger partial charge in [0.2, 0.25) is 0 Å². The van der Waals surface area contributed by atoms with E-state index in [4.69, 9.17) is 12.2 Å². The minimum atomic E-state index is -0.236. The Morgan fingerprint density at radius 1 is 1.40 bits per heavy atom. The number of para-hydroxylation sites is 1. The molecule has 0 saturated heterocycles. The zero-order chi connectivity index (χ0) is 14.3. The molecule has 2 heterocycles. The monoisotopic (exact) mass is 305 g/mol. The SMILES string of the molecule is CN(C)CC1(C(=S)S)Cc2c([nH]c3ccccc23)CN1. The summed E-state index contributed by atoms with van der Waals surface area (Å²) in [7, 11) is 4.14. The number of nitrogens with one attached hydrogen (secondary N) is 2. The summed E-state index contributed by atoms with van der Waals surface area (Å²) in [5, 5.41) is 4.89. The molecular weight excluding hydrogens is 286 g/mol. The molecule has 1 aliphatic heterocycles. The van der Waals surface area contributed by atoms with Crippen LogP contribution in [0.2, 0.25) is 0 Å². The van der Waals surface area contributed by atoms with Gasteiger partial charge in [0, 0.05) is 29.7 Å². The van der Waals surface area contributed by atoms with Gasteiger partial charge in [-0.1, -0.05) is 30.4 Å². The van der Waals surface area contributed by atoms with E-state index in [1.54, 1.807) is 0 Å². The van der Waals surface area contributed by atoms with Gasteiger partial charge >= 0.3 is 0 Å². The van der Waals surface area contributed by atoms with Crippen LogP contribution in [0.25, 0.3) is 10.9 Å². The van der Waals surface area contributed by atoms with Gasteiger partial charge in [0.25, 0.3) is 0 Å². The fourth-order valence-electron chi connectivity index (χ4n) is 3.10. The lowest BCUT2D eigenvalue weighted by Crippen LogP contribution is -2.59. The van der Waals surface area contributed by atoms with E-state index in [2.05, 4.69) is 66.2 Å². The molecule has 0 saturated carbocycles. The van der Waals surface area contributed by atoms with Crippen molar-refractivity contribution >= 4 is 39.9 Å². The Labute approximate surface area is 130 Å². The number of hydrogen-bond acceptors (Lipinski definition) is 3. The van der Waals surface area contributed by atoms with E-state index < -0.39 is 0 Å². The maximum Gasteiger partial charge on any atom is 0.0768 e. The van der Waals surface area contributed by atoms with Crippen LogP contribution >= 0.6 is 24.8 Å². The molecule has 1 atom stereocenters. The predicted molar refractivity (Wildman–Crippen MR) is 91.7 cm³/mol. The van der Waals surface area contributed by atoms with Gasteiger partial charge in [-0.3, -0.25) is 5.32 Å². The molecule has 0 radical (unpaired) electrons. The number of thiocarbonyl (C=S) groups is 1. The highest BCUT2D eigenvalue weighted by atomic mass is 32.1. The van der Waals surface area contributed by atoms with E-state index in [9.17, 15) is 0 Å². The molecule has 0 fully saturated rings. The Balaban J connectivity index is 2.07. The van der Waals surface area contributed by atoms with Crippen LogP contribution in [0, 0.1) is 0 Å². The molecule has 0 spiro atoms. The normalized spacial score (nSPS) is 22.2. The molecule has 5 heteroatoms. The van der Waals surface area contributed by atoms with Crippen LogP contribution in [0.5, 0.6) is 0 Å². The number of nitrogens with zero attached hydrogens (tertiary/aromatic N) is 1. The van der Waals surface area contributed by atoms with Crippen molar-refractivity contribution in [3.63, 3.8) is 0 Å². The zero-order valence-electron chi connectivity index (χ0n) is 11.7. The molecule has 0 amide bonds. The fourth-order valence-corrected chi connectivity index (χ4v) is 3.54. The molecule has 1 aromatic heterocycles. The van der Waals surface area contributed by atoms with Crippen molar-refractivity contribution in [3.05, 3.63) is 35.5 Å². The molecule has 0 aliphatic carbocycles. The van der Waals surface area contributed by atoms with Gasteiger partial charge in [-0.05, 0) is 32.1 Å². The third kappa shape index (κ3) is 2.29. The number of benzene rings is 1. The summed E-state index contributed by atoms with van der Waals surface area (Å²) in [6.45, 7) is 1.66. The standard InChI is InChI=1S/C15H19N3S2/c1-18(2)9-15(14(19)20)7-11-10-5-3-4-6-12(10)17-13(11)8-16-15/h3-6,16-17H,7-9H2,1-2H3,(H,19,20). The van der Waals surface area contributed by atoms with Gasteiger partial charge in [-0.15, -0.1) is 12.6 Å². The molecule has 20 heavy (non-hydrogen) atoms. The van der Waals surface area contributed by atoms with Crippen molar-refractivity contribution in [1.82, 2.24) is 15.2 Å². The Hall–Kier alpha value is -0.880. The third-order valence-corrected chi connectivity index (χ3v) is 4.80. The van der Waals surface area contributed by atoms with Gasteiger partial charge in [0.05, 0.1) is 9.74 Å². The minimum Gasteiger partial charge on any atom is -0.357 e. The highest BCUT2D eigenvalue weighted by Crippen LogP contribution is 2.32. The summed E-state index contributed by atoms with van der Waals surface area (Å²) in [6, 6.07) is 8.46. The molecule has 2 N–H and O–H groups in total. The number of aromatic nitrogens is 1. The fraction of sp³-hybridized carbons (Fsp3) is 0.400. The van der Waals surface area contributed by atoms with E-state index in [1.165, 1.54) is 22.2 Å². The molecule has 1 aliphatic rings. The number of H-pyrrole nitrogens is 1. The van der Waals surface area contributed by atoms with Crippen molar-refractivity contribution < 1.29 is 0 Å². The van der Waals surface area contributed by atoms with Crippen molar-refractivity contribution in [2.45, 2.75) is 18.5 Å².